The summed E-state index contributed by atoms with van der Waals surface area (Å²) in [5.74, 6) is 0.576. The van der Waals surface area contributed by atoms with E-state index in [1.165, 1.54) is 55.7 Å². The van der Waals surface area contributed by atoms with Gasteiger partial charge in [0.1, 0.15) is 18.1 Å². The van der Waals surface area contributed by atoms with Gasteiger partial charge in [0.05, 0.1) is 11.8 Å². The molecule has 0 fully saturated rings. The van der Waals surface area contributed by atoms with Gasteiger partial charge in [-0.3, -0.25) is 4.72 Å². The quantitative estimate of drug-likeness (QED) is 0.205. The minimum Gasteiger partial charge on any atom is -0.506 e. The number of benzene rings is 2. The molecule has 0 saturated carbocycles. The van der Waals surface area contributed by atoms with Crippen molar-refractivity contribution in [3.63, 3.8) is 0 Å². The van der Waals surface area contributed by atoms with E-state index in [1.54, 1.807) is 6.07 Å². The highest BCUT2D eigenvalue weighted by atomic mass is 35.5. The number of anilines is 1. The zero-order valence-electron chi connectivity index (χ0n) is 19.9. The number of aromatic amines is 1. The minimum atomic E-state index is -3.77. The van der Waals surface area contributed by atoms with Crippen molar-refractivity contribution >= 4 is 39.2 Å². The van der Waals surface area contributed by atoms with Crippen LogP contribution in [0.3, 0.4) is 0 Å². The zero-order valence-corrected chi connectivity index (χ0v) is 21.5. The van der Waals surface area contributed by atoms with E-state index in [4.69, 9.17) is 4.74 Å². The maximum atomic E-state index is 12.0. The molecule has 5 N–H and O–H groups in total. The average molecular weight is 525 g/mol. The summed E-state index contributed by atoms with van der Waals surface area (Å²) in [6, 6.07) is 10.5. The number of nitrogens with zero attached hydrogens (tertiary/aromatic N) is 1. The van der Waals surface area contributed by atoms with Crippen LogP contribution in [0.1, 0.15) is 35.8 Å². The van der Waals surface area contributed by atoms with E-state index < -0.39 is 16.3 Å². The number of aliphatic hydroxyl groups is 1. The number of hydrogen-bond donors (Lipinski definition) is 5. The summed E-state index contributed by atoms with van der Waals surface area (Å²) >= 11 is 0. The Bertz CT molecular complexity index is 1260. The summed E-state index contributed by atoms with van der Waals surface area (Å²) in [6.45, 7) is 1.20. The molecule has 1 aliphatic rings. The van der Waals surface area contributed by atoms with Crippen LogP contribution in [0.15, 0.2) is 36.4 Å². The molecule has 2 aromatic carbocycles. The number of H-pyrrole nitrogens is 1. The third-order valence-electron chi connectivity index (χ3n) is 6.08. The number of aromatic nitrogens is 1. The molecule has 1 atom stereocenters. The molecule has 1 aromatic heterocycles. The second-order valence-electron chi connectivity index (χ2n) is 8.73. The monoisotopic (exact) mass is 524 g/mol. The summed E-state index contributed by atoms with van der Waals surface area (Å²) in [5, 5.41) is 24.9. The smallest absolute Gasteiger partial charge is 0.301 e. The number of aryl methyl sites for hydroxylation is 2. The predicted octanol–water partition coefficient (Wildman–Crippen LogP) is 3.09. The number of phenolic OH excluding ortho intramolecular Hbond substituents is 1. The molecule has 1 heterocycles. The number of fused-ring (bicyclic) bond motifs is 3. The molecule has 0 aliphatic heterocycles. The molecule has 11 heteroatoms. The number of halogens is 1. The average Bonchev–Trinajstić information content (AvgIpc) is 3.17. The SMILES string of the molecule is CN(C)S(=O)(=O)Nc1cc([C@H](O)CNCCOc2ccc3c4c([nH]c3c2)CCCC4)ccc1O.Cl. The van der Waals surface area contributed by atoms with Gasteiger partial charge >= 0.3 is 10.2 Å². The Labute approximate surface area is 212 Å². The first-order chi connectivity index (χ1) is 16.2. The van der Waals surface area contributed by atoms with Crippen LogP contribution in [0.5, 0.6) is 11.5 Å². The minimum absolute atomic E-state index is 0. The standard InChI is InChI=1S/C24H32N4O5S.ClH/c1-28(2)34(31,32)27-22-13-16(7-10-23(22)29)24(30)15-25-11-12-33-17-8-9-19-18-5-3-4-6-20(18)26-21(19)14-17;/h7-10,13-14,24-27,29-30H,3-6,11-12,15H2,1-2H3;1H/t24-;/m1./s1. The lowest BCUT2D eigenvalue weighted by molar-refractivity contribution is 0.172. The van der Waals surface area contributed by atoms with Crippen molar-refractivity contribution in [2.45, 2.75) is 31.8 Å². The normalized spacial score (nSPS) is 14.4. The van der Waals surface area contributed by atoms with Crippen LogP contribution in [-0.2, 0) is 23.1 Å². The molecule has 0 bridgehead atoms. The Morgan fingerprint density at radius 1 is 1.14 bits per heavy atom. The van der Waals surface area contributed by atoms with Crippen molar-refractivity contribution in [2.75, 3.05) is 38.5 Å². The Balaban J connectivity index is 0.00000342. The molecule has 0 spiro atoms. The van der Waals surface area contributed by atoms with Crippen molar-refractivity contribution in [2.24, 2.45) is 0 Å². The molecule has 3 aromatic rings. The summed E-state index contributed by atoms with van der Waals surface area (Å²) < 4.78 is 33.2. The molecule has 4 rings (SSSR count). The molecular weight excluding hydrogens is 492 g/mol. The van der Waals surface area contributed by atoms with Gasteiger partial charge in [0.15, 0.2) is 0 Å². The number of hydrogen-bond acceptors (Lipinski definition) is 6. The topological polar surface area (TPSA) is 127 Å². The number of phenols is 1. The van der Waals surface area contributed by atoms with Gasteiger partial charge in [0.25, 0.3) is 0 Å². The van der Waals surface area contributed by atoms with Crippen molar-refractivity contribution < 1.29 is 23.4 Å². The highest BCUT2D eigenvalue weighted by Crippen LogP contribution is 2.31. The number of aliphatic hydroxyl groups excluding tert-OH is 1. The second kappa shape index (κ2) is 11.5. The maximum absolute atomic E-state index is 12.0. The van der Waals surface area contributed by atoms with Gasteiger partial charge in [-0.1, -0.05) is 6.07 Å². The van der Waals surface area contributed by atoms with Crippen molar-refractivity contribution in [1.82, 2.24) is 14.6 Å². The van der Waals surface area contributed by atoms with Crippen molar-refractivity contribution in [3.8, 4) is 11.5 Å². The maximum Gasteiger partial charge on any atom is 0.301 e. The van der Waals surface area contributed by atoms with E-state index in [0.717, 1.165) is 28.4 Å². The van der Waals surface area contributed by atoms with Gasteiger partial charge in [-0.05, 0) is 61.1 Å². The first kappa shape index (κ1) is 27.1. The molecule has 35 heavy (non-hydrogen) atoms. The van der Waals surface area contributed by atoms with Crippen LogP contribution in [0.4, 0.5) is 5.69 Å². The van der Waals surface area contributed by atoms with E-state index in [-0.39, 0.29) is 30.4 Å². The Hall–Kier alpha value is -2.50. The zero-order chi connectivity index (χ0) is 24.3. The lowest BCUT2D eigenvalue weighted by atomic mass is 9.96. The van der Waals surface area contributed by atoms with E-state index in [2.05, 4.69) is 21.1 Å². The fourth-order valence-corrected chi connectivity index (χ4v) is 4.78. The summed E-state index contributed by atoms with van der Waals surface area (Å²) in [5.41, 5.74) is 4.39. The Kier molecular flexibility index (Phi) is 8.89. The van der Waals surface area contributed by atoms with Crippen molar-refractivity contribution in [1.29, 1.82) is 0 Å². The van der Waals surface area contributed by atoms with E-state index in [1.807, 2.05) is 12.1 Å². The molecule has 1 aliphatic carbocycles. The summed E-state index contributed by atoms with van der Waals surface area (Å²) in [4.78, 5) is 3.53. The third kappa shape index (κ3) is 6.39. The van der Waals surface area contributed by atoms with E-state index in [0.29, 0.717) is 18.7 Å². The van der Waals surface area contributed by atoms with Crippen LogP contribution in [0.2, 0.25) is 0 Å². The molecule has 9 nitrogen and oxygen atoms in total. The first-order valence-corrected chi connectivity index (χ1v) is 12.9. The first-order valence-electron chi connectivity index (χ1n) is 11.4. The lowest BCUT2D eigenvalue weighted by Crippen LogP contribution is -2.29. The van der Waals surface area contributed by atoms with Gasteiger partial charge in [0.2, 0.25) is 0 Å². The van der Waals surface area contributed by atoms with Crippen LogP contribution in [0.25, 0.3) is 10.9 Å². The van der Waals surface area contributed by atoms with E-state index >= 15 is 0 Å². The van der Waals surface area contributed by atoms with E-state index in [9.17, 15) is 18.6 Å². The highest BCUT2D eigenvalue weighted by molar-refractivity contribution is 7.90. The second-order valence-corrected chi connectivity index (χ2v) is 10.6. The summed E-state index contributed by atoms with van der Waals surface area (Å²) in [7, 11) is -1.01. The van der Waals surface area contributed by atoms with Crippen LogP contribution < -0.4 is 14.8 Å². The van der Waals surface area contributed by atoms with Gasteiger partial charge in [-0.25, -0.2) is 0 Å². The molecule has 0 unspecified atom stereocenters. The molecule has 0 amide bonds. The molecule has 0 radical (unpaired) electrons. The van der Waals surface area contributed by atoms with Gasteiger partial charge in [-0.2, -0.15) is 12.7 Å². The predicted molar refractivity (Wildman–Crippen MR) is 140 cm³/mol. The molecule has 192 valence electrons. The molecular formula is C24H33ClN4O5S. The van der Waals surface area contributed by atoms with Gasteiger partial charge in [-0.15, -0.1) is 12.4 Å². The largest absolute Gasteiger partial charge is 0.506 e. The Morgan fingerprint density at radius 3 is 2.69 bits per heavy atom. The van der Waals surface area contributed by atoms with Gasteiger partial charge in [0, 0.05) is 49.8 Å². The summed E-state index contributed by atoms with van der Waals surface area (Å²) in [6.07, 6.45) is 3.83. The lowest BCUT2D eigenvalue weighted by Gasteiger charge is -2.17. The fraction of sp³-hybridized carbons (Fsp3) is 0.417. The number of nitrogens with one attached hydrogen (secondary N) is 3. The van der Waals surface area contributed by atoms with Crippen LogP contribution >= 0.6 is 12.4 Å². The highest BCUT2D eigenvalue weighted by Gasteiger charge is 2.18. The van der Waals surface area contributed by atoms with Crippen LogP contribution in [-0.4, -0.2) is 61.7 Å². The fourth-order valence-electron chi connectivity index (χ4n) is 4.15. The molecule has 0 saturated heterocycles. The number of aromatic hydroxyl groups is 1. The van der Waals surface area contributed by atoms with Crippen molar-refractivity contribution in [3.05, 3.63) is 53.2 Å². The number of ether oxygens (including phenoxy) is 1. The van der Waals surface area contributed by atoms with Crippen LogP contribution in [0, 0.1) is 0 Å². The number of rotatable bonds is 10. The van der Waals surface area contributed by atoms with Gasteiger partial charge < -0.3 is 25.3 Å². The third-order valence-corrected chi connectivity index (χ3v) is 7.52. The Morgan fingerprint density at radius 2 is 1.91 bits per heavy atom.